The number of carbonyl (C=O) groups excluding carboxylic acids is 3. The molecule has 5 rings (SSSR count). The van der Waals surface area contributed by atoms with Crippen LogP contribution in [0.25, 0.3) is 0 Å². The molecule has 232 valence electrons. The van der Waals surface area contributed by atoms with E-state index in [1.807, 2.05) is 64.9 Å². The van der Waals surface area contributed by atoms with Crippen LogP contribution >= 0.6 is 11.8 Å². The van der Waals surface area contributed by atoms with Crippen molar-refractivity contribution in [3.8, 4) is 11.5 Å². The van der Waals surface area contributed by atoms with Gasteiger partial charge in [0.25, 0.3) is 0 Å². The second-order valence-electron chi connectivity index (χ2n) is 10.6. The standard InChI is InChI=1S/C33H37N3O7S/c1-4-41-31(38)23-13-15-35(16-14-23)28(37)20-25-21-44-33-34-22(2)29(32(39)42-18-17-40-3)30(36(25)33)24-9-8-12-27(19-24)43-26-10-6-5-7-11-26/h5-12,19,21,23,30H,4,13-18,20H2,1-3H3. The van der Waals surface area contributed by atoms with Crippen LogP contribution < -0.4 is 4.74 Å². The average molecular weight is 620 g/mol. The molecule has 2 aromatic carbocycles. The summed E-state index contributed by atoms with van der Waals surface area (Å²) in [5, 5.41) is 2.60. The Morgan fingerprint density at radius 1 is 0.977 bits per heavy atom. The third-order valence-electron chi connectivity index (χ3n) is 7.69. The molecule has 0 aliphatic carbocycles. The van der Waals surface area contributed by atoms with E-state index in [0.29, 0.717) is 60.5 Å². The van der Waals surface area contributed by atoms with E-state index >= 15 is 0 Å². The van der Waals surface area contributed by atoms with Crippen molar-refractivity contribution < 1.29 is 33.3 Å². The number of likely N-dealkylation sites (tertiary alicyclic amines) is 1. The molecule has 1 amide bonds. The molecule has 3 aliphatic rings. The van der Waals surface area contributed by atoms with Crippen LogP contribution in [0.15, 0.2) is 82.0 Å². The minimum atomic E-state index is -0.597. The zero-order valence-corrected chi connectivity index (χ0v) is 26.0. The van der Waals surface area contributed by atoms with Crippen LogP contribution in [0.2, 0.25) is 0 Å². The molecule has 1 unspecified atom stereocenters. The number of amides is 1. The number of aliphatic imine (C=N–C) groups is 1. The number of allylic oxidation sites excluding steroid dienone is 1. The maximum absolute atomic E-state index is 13.5. The fourth-order valence-corrected chi connectivity index (χ4v) is 6.47. The van der Waals surface area contributed by atoms with Crippen molar-refractivity contribution in [3.05, 3.63) is 82.5 Å². The first kappa shape index (κ1) is 31.3. The Balaban J connectivity index is 1.40. The summed E-state index contributed by atoms with van der Waals surface area (Å²) >= 11 is 1.42. The number of ether oxygens (including phenoxy) is 4. The fourth-order valence-electron chi connectivity index (χ4n) is 5.51. The van der Waals surface area contributed by atoms with Gasteiger partial charge in [0.1, 0.15) is 18.1 Å². The van der Waals surface area contributed by atoms with Crippen LogP contribution in [-0.4, -0.2) is 72.8 Å². The van der Waals surface area contributed by atoms with Crippen molar-refractivity contribution in [2.75, 3.05) is 40.0 Å². The summed E-state index contributed by atoms with van der Waals surface area (Å²) in [4.78, 5) is 47.8. The van der Waals surface area contributed by atoms with Gasteiger partial charge >= 0.3 is 11.9 Å². The Hall–Kier alpha value is -4.09. The molecule has 0 bridgehead atoms. The molecular formula is C33H37N3O7S. The van der Waals surface area contributed by atoms with Crippen LogP contribution in [-0.2, 0) is 28.6 Å². The molecule has 0 saturated carbocycles. The lowest BCUT2D eigenvalue weighted by Gasteiger charge is -2.37. The van der Waals surface area contributed by atoms with Gasteiger partial charge in [-0.25, -0.2) is 9.79 Å². The van der Waals surface area contributed by atoms with E-state index in [0.717, 1.165) is 11.3 Å². The normalized spacial score (nSPS) is 18.4. The molecule has 0 spiro atoms. The molecule has 44 heavy (non-hydrogen) atoms. The third kappa shape index (κ3) is 7.16. The van der Waals surface area contributed by atoms with Crippen molar-refractivity contribution in [3.63, 3.8) is 0 Å². The highest BCUT2D eigenvalue weighted by molar-refractivity contribution is 8.16. The molecular weight excluding hydrogens is 582 g/mol. The van der Waals surface area contributed by atoms with Gasteiger partial charge in [0.05, 0.1) is 42.9 Å². The molecule has 1 fully saturated rings. The SMILES string of the molecule is CCOC(=O)C1CCN(C(=O)CC2=CSC3=NC(C)=C(C(=O)OCCOC)C(c4cccc(Oc5ccccc5)c4)N23)CC1. The minimum absolute atomic E-state index is 0.0455. The molecule has 1 saturated heterocycles. The number of para-hydroxylation sites is 1. The van der Waals surface area contributed by atoms with E-state index < -0.39 is 12.0 Å². The number of piperidine rings is 1. The van der Waals surface area contributed by atoms with Crippen LogP contribution in [0, 0.1) is 5.92 Å². The molecule has 3 heterocycles. The second kappa shape index (κ2) is 14.6. The molecule has 11 heteroatoms. The van der Waals surface area contributed by atoms with Gasteiger partial charge in [-0.15, -0.1) is 0 Å². The number of benzene rings is 2. The summed E-state index contributed by atoms with van der Waals surface area (Å²) in [6.07, 6.45) is 1.27. The summed E-state index contributed by atoms with van der Waals surface area (Å²) in [5.41, 5.74) is 2.46. The van der Waals surface area contributed by atoms with Gasteiger partial charge in [0.2, 0.25) is 5.91 Å². The van der Waals surface area contributed by atoms with Crippen LogP contribution in [0.5, 0.6) is 11.5 Å². The molecule has 0 aromatic heterocycles. The predicted octanol–water partition coefficient (Wildman–Crippen LogP) is 5.44. The number of fused-ring (bicyclic) bond motifs is 1. The third-order valence-corrected chi connectivity index (χ3v) is 8.58. The van der Waals surface area contributed by atoms with Gasteiger partial charge in [-0.3, -0.25) is 9.59 Å². The highest BCUT2D eigenvalue weighted by Gasteiger charge is 2.42. The zero-order chi connectivity index (χ0) is 31.1. The summed E-state index contributed by atoms with van der Waals surface area (Å²) in [5.74, 6) is 0.380. The van der Waals surface area contributed by atoms with E-state index in [1.54, 1.807) is 25.9 Å². The summed E-state index contributed by atoms with van der Waals surface area (Å²) in [7, 11) is 1.55. The van der Waals surface area contributed by atoms with E-state index in [-0.39, 0.29) is 37.4 Å². The average Bonchev–Trinajstić information content (AvgIpc) is 3.42. The molecule has 3 aliphatic heterocycles. The maximum atomic E-state index is 13.5. The number of amidine groups is 1. The van der Waals surface area contributed by atoms with Gasteiger partial charge in [-0.2, -0.15) is 0 Å². The van der Waals surface area contributed by atoms with E-state index in [4.69, 9.17) is 23.9 Å². The largest absolute Gasteiger partial charge is 0.466 e. The summed E-state index contributed by atoms with van der Waals surface area (Å²) in [6.45, 7) is 5.29. The maximum Gasteiger partial charge on any atom is 0.338 e. The Labute approximate surface area is 261 Å². The topological polar surface area (TPSA) is 107 Å². The predicted molar refractivity (Wildman–Crippen MR) is 167 cm³/mol. The fraction of sp³-hybridized carbons (Fsp3) is 0.394. The van der Waals surface area contributed by atoms with Gasteiger partial charge < -0.3 is 28.7 Å². The Kier molecular flexibility index (Phi) is 10.4. The lowest BCUT2D eigenvalue weighted by molar-refractivity contribution is -0.151. The molecule has 0 N–H and O–H groups in total. The number of nitrogens with zero attached hydrogens (tertiary/aromatic N) is 3. The van der Waals surface area contributed by atoms with Crippen molar-refractivity contribution in [1.29, 1.82) is 0 Å². The molecule has 0 radical (unpaired) electrons. The lowest BCUT2D eigenvalue weighted by atomic mass is 9.93. The number of thioether (sulfide) groups is 1. The summed E-state index contributed by atoms with van der Waals surface area (Å²) in [6, 6.07) is 16.5. The van der Waals surface area contributed by atoms with Gasteiger partial charge in [0, 0.05) is 25.9 Å². The van der Waals surface area contributed by atoms with E-state index in [9.17, 15) is 14.4 Å². The first-order chi connectivity index (χ1) is 21.4. The van der Waals surface area contributed by atoms with Gasteiger partial charge in [-0.05, 0) is 61.9 Å². The Bertz CT molecular complexity index is 1460. The molecule has 10 nitrogen and oxygen atoms in total. The number of esters is 2. The second-order valence-corrected chi connectivity index (χ2v) is 11.4. The van der Waals surface area contributed by atoms with Crippen LogP contribution in [0.4, 0.5) is 0 Å². The first-order valence-corrected chi connectivity index (χ1v) is 15.6. The smallest absolute Gasteiger partial charge is 0.338 e. The van der Waals surface area contributed by atoms with Crippen LogP contribution in [0.3, 0.4) is 0 Å². The highest BCUT2D eigenvalue weighted by atomic mass is 32.2. The van der Waals surface area contributed by atoms with Gasteiger partial charge in [0.15, 0.2) is 5.17 Å². The number of methoxy groups -OCH3 is 1. The number of hydrogen-bond acceptors (Lipinski definition) is 10. The zero-order valence-electron chi connectivity index (χ0n) is 25.2. The minimum Gasteiger partial charge on any atom is -0.466 e. The van der Waals surface area contributed by atoms with Crippen molar-refractivity contribution in [1.82, 2.24) is 9.80 Å². The van der Waals surface area contributed by atoms with Crippen molar-refractivity contribution in [2.45, 2.75) is 39.2 Å². The number of carbonyl (C=O) groups is 3. The molecule has 2 aromatic rings. The highest BCUT2D eigenvalue weighted by Crippen LogP contribution is 2.45. The lowest BCUT2D eigenvalue weighted by Crippen LogP contribution is -2.42. The van der Waals surface area contributed by atoms with Crippen LogP contribution in [0.1, 0.15) is 44.7 Å². The monoisotopic (exact) mass is 619 g/mol. The number of hydrogen-bond donors (Lipinski definition) is 0. The molecule has 1 atom stereocenters. The van der Waals surface area contributed by atoms with Gasteiger partial charge in [-0.1, -0.05) is 42.1 Å². The first-order valence-electron chi connectivity index (χ1n) is 14.8. The Morgan fingerprint density at radius 3 is 2.45 bits per heavy atom. The van der Waals surface area contributed by atoms with Crippen molar-refractivity contribution >= 4 is 34.8 Å². The van der Waals surface area contributed by atoms with Crippen molar-refractivity contribution in [2.24, 2.45) is 10.9 Å². The quantitative estimate of drug-likeness (QED) is 0.240. The Morgan fingerprint density at radius 2 is 1.73 bits per heavy atom. The summed E-state index contributed by atoms with van der Waals surface area (Å²) < 4.78 is 22.0. The van der Waals surface area contributed by atoms with E-state index in [1.165, 1.54) is 11.8 Å². The van der Waals surface area contributed by atoms with E-state index in [2.05, 4.69) is 0 Å². The number of rotatable bonds is 11.